The summed E-state index contributed by atoms with van der Waals surface area (Å²) >= 11 is 1.57. The number of esters is 1. The number of carbonyl (C=O) groups is 3. The first-order valence-corrected chi connectivity index (χ1v) is 9.01. The van der Waals surface area contributed by atoms with E-state index in [0.29, 0.717) is 25.2 Å². The average molecular weight is 335 g/mol. The average Bonchev–Trinajstić information content (AvgIpc) is 3.03. The molecule has 1 aromatic rings. The molecule has 3 rings (SSSR count). The van der Waals surface area contributed by atoms with Gasteiger partial charge in [-0.2, -0.15) is 0 Å². The van der Waals surface area contributed by atoms with E-state index in [4.69, 9.17) is 4.74 Å². The molecule has 0 radical (unpaired) electrons. The standard InChI is InChI=1S/C17H21NO4S/c19-15(18-9-14-5-2-6-23-14)10-22-17(21)13-7-11-3-1-4-12(8-13)16(11)20/h2,5-6,11-13H,1,3-4,7-10H2,(H,18,19)/t11-,12-/m1/s1. The maximum absolute atomic E-state index is 12.2. The van der Waals surface area contributed by atoms with Gasteiger partial charge in [0.1, 0.15) is 5.78 Å². The molecule has 124 valence electrons. The maximum atomic E-state index is 12.2. The lowest BCUT2D eigenvalue weighted by Crippen LogP contribution is -2.40. The second-order valence-electron chi connectivity index (χ2n) is 6.36. The molecule has 1 heterocycles. The van der Waals surface area contributed by atoms with Gasteiger partial charge in [0.05, 0.1) is 12.5 Å². The van der Waals surface area contributed by atoms with Crippen LogP contribution in [0.25, 0.3) is 0 Å². The van der Waals surface area contributed by atoms with Gasteiger partial charge in [0.25, 0.3) is 5.91 Å². The third-order valence-electron chi connectivity index (χ3n) is 4.77. The normalized spacial score (nSPS) is 26.6. The number of ether oxygens (including phenoxy) is 1. The van der Waals surface area contributed by atoms with Gasteiger partial charge in [-0.05, 0) is 37.1 Å². The number of nitrogens with one attached hydrogen (secondary N) is 1. The van der Waals surface area contributed by atoms with E-state index < -0.39 is 0 Å². The van der Waals surface area contributed by atoms with Crippen LogP contribution in [0, 0.1) is 17.8 Å². The summed E-state index contributed by atoms with van der Waals surface area (Å²) in [6.45, 7) is 0.208. The largest absolute Gasteiger partial charge is 0.455 e. The van der Waals surface area contributed by atoms with E-state index in [0.717, 1.165) is 24.1 Å². The Kier molecular flexibility index (Phi) is 5.10. The lowest BCUT2D eigenvalue weighted by atomic mass is 9.67. The molecule has 1 amide bonds. The molecule has 0 aliphatic heterocycles. The maximum Gasteiger partial charge on any atom is 0.309 e. The summed E-state index contributed by atoms with van der Waals surface area (Å²) in [5.41, 5.74) is 0. The summed E-state index contributed by atoms with van der Waals surface area (Å²) in [7, 11) is 0. The number of thiophene rings is 1. The molecule has 2 fully saturated rings. The third-order valence-corrected chi connectivity index (χ3v) is 5.64. The molecule has 2 saturated carbocycles. The van der Waals surface area contributed by atoms with Gasteiger partial charge in [-0.3, -0.25) is 14.4 Å². The van der Waals surface area contributed by atoms with Crippen molar-refractivity contribution in [3.8, 4) is 0 Å². The molecule has 0 spiro atoms. The number of carbonyl (C=O) groups excluding carboxylic acids is 3. The van der Waals surface area contributed by atoms with Gasteiger partial charge in [0, 0.05) is 16.7 Å². The fraction of sp³-hybridized carbons (Fsp3) is 0.588. The first-order valence-electron chi connectivity index (χ1n) is 8.13. The molecule has 6 heteroatoms. The molecule has 1 N–H and O–H groups in total. The summed E-state index contributed by atoms with van der Waals surface area (Å²) in [6, 6.07) is 3.86. The lowest BCUT2D eigenvalue weighted by Gasteiger charge is -2.36. The van der Waals surface area contributed by atoms with Crippen molar-refractivity contribution in [2.45, 2.75) is 38.6 Å². The quantitative estimate of drug-likeness (QED) is 0.838. The summed E-state index contributed by atoms with van der Waals surface area (Å²) in [5, 5.41) is 4.68. The molecule has 2 atom stereocenters. The minimum absolute atomic E-state index is 0.0210. The number of Topliss-reactive ketones (excluding diaryl/α,β-unsaturated/α-hetero) is 1. The van der Waals surface area contributed by atoms with Gasteiger partial charge in [-0.15, -0.1) is 11.3 Å². The van der Waals surface area contributed by atoms with Gasteiger partial charge in [-0.1, -0.05) is 12.5 Å². The molecule has 2 aliphatic rings. The van der Waals surface area contributed by atoms with Crippen LogP contribution in [0.1, 0.15) is 37.0 Å². The molecule has 0 saturated heterocycles. The van der Waals surface area contributed by atoms with E-state index in [1.54, 1.807) is 11.3 Å². The first kappa shape index (κ1) is 16.2. The van der Waals surface area contributed by atoms with Gasteiger partial charge in [-0.25, -0.2) is 0 Å². The molecule has 0 unspecified atom stereocenters. The van der Waals surface area contributed by atoms with Gasteiger partial charge in [0.15, 0.2) is 6.61 Å². The van der Waals surface area contributed by atoms with E-state index in [2.05, 4.69) is 5.32 Å². The van der Waals surface area contributed by atoms with Gasteiger partial charge < -0.3 is 10.1 Å². The number of hydrogen-bond acceptors (Lipinski definition) is 5. The van der Waals surface area contributed by atoms with Crippen LogP contribution in [-0.2, 0) is 25.7 Å². The minimum Gasteiger partial charge on any atom is -0.455 e. The monoisotopic (exact) mass is 335 g/mol. The Morgan fingerprint density at radius 2 is 2.00 bits per heavy atom. The van der Waals surface area contributed by atoms with Gasteiger partial charge >= 0.3 is 5.97 Å². The predicted molar refractivity (Wildman–Crippen MR) is 85.7 cm³/mol. The summed E-state index contributed by atoms with van der Waals surface area (Å²) in [6.07, 6.45) is 4.03. The Morgan fingerprint density at radius 1 is 1.26 bits per heavy atom. The van der Waals surface area contributed by atoms with E-state index in [1.165, 1.54) is 0 Å². The van der Waals surface area contributed by atoms with Crippen LogP contribution in [0.15, 0.2) is 17.5 Å². The van der Waals surface area contributed by atoms with Crippen LogP contribution >= 0.6 is 11.3 Å². The first-order chi connectivity index (χ1) is 11.1. The lowest BCUT2D eigenvalue weighted by molar-refractivity contribution is -0.156. The van der Waals surface area contributed by atoms with Crippen LogP contribution in [-0.4, -0.2) is 24.3 Å². The third kappa shape index (κ3) is 3.99. The van der Waals surface area contributed by atoms with E-state index in [-0.39, 0.29) is 36.2 Å². The summed E-state index contributed by atoms with van der Waals surface area (Å²) in [4.78, 5) is 37.0. The number of amides is 1. The molecule has 1 aromatic heterocycles. The number of hydrogen-bond donors (Lipinski definition) is 1. The zero-order chi connectivity index (χ0) is 16.2. The Hall–Kier alpha value is -1.69. The molecule has 5 nitrogen and oxygen atoms in total. The Bertz CT molecular complexity index is 567. The van der Waals surface area contributed by atoms with E-state index in [9.17, 15) is 14.4 Å². The SMILES string of the molecule is O=C(COC(=O)C1C[C@H]2CCC[C@H](C1)C2=O)NCc1cccs1. The van der Waals surface area contributed by atoms with Crippen molar-refractivity contribution in [2.24, 2.45) is 17.8 Å². The summed E-state index contributed by atoms with van der Waals surface area (Å²) < 4.78 is 5.15. The Balaban J connectivity index is 1.42. The number of ketones is 1. The van der Waals surface area contributed by atoms with Crippen LogP contribution in [0.5, 0.6) is 0 Å². The predicted octanol–water partition coefficient (Wildman–Crippen LogP) is 2.30. The van der Waals surface area contributed by atoms with Crippen molar-refractivity contribution in [1.29, 1.82) is 0 Å². The van der Waals surface area contributed by atoms with Gasteiger partial charge in [0.2, 0.25) is 0 Å². The molecule has 0 aromatic carbocycles. The summed E-state index contributed by atoms with van der Waals surface area (Å²) in [5.74, 6) is -0.484. The molecule has 23 heavy (non-hydrogen) atoms. The number of fused-ring (bicyclic) bond motifs is 2. The van der Waals surface area contributed by atoms with Crippen molar-refractivity contribution < 1.29 is 19.1 Å². The Morgan fingerprint density at radius 3 is 2.65 bits per heavy atom. The van der Waals surface area contributed by atoms with Crippen molar-refractivity contribution in [3.63, 3.8) is 0 Å². The van der Waals surface area contributed by atoms with Crippen LogP contribution in [0.4, 0.5) is 0 Å². The van der Waals surface area contributed by atoms with Crippen molar-refractivity contribution in [2.75, 3.05) is 6.61 Å². The second kappa shape index (κ2) is 7.25. The fourth-order valence-corrected chi connectivity index (χ4v) is 4.22. The smallest absolute Gasteiger partial charge is 0.309 e. The van der Waals surface area contributed by atoms with E-state index in [1.807, 2.05) is 17.5 Å². The minimum atomic E-state index is -0.333. The molecule has 2 aliphatic carbocycles. The zero-order valence-corrected chi connectivity index (χ0v) is 13.8. The zero-order valence-electron chi connectivity index (χ0n) is 13.0. The van der Waals surface area contributed by atoms with Crippen LogP contribution < -0.4 is 5.32 Å². The highest BCUT2D eigenvalue weighted by Gasteiger charge is 2.41. The molecular weight excluding hydrogens is 314 g/mol. The topological polar surface area (TPSA) is 72.5 Å². The van der Waals surface area contributed by atoms with Crippen molar-refractivity contribution in [3.05, 3.63) is 22.4 Å². The van der Waals surface area contributed by atoms with Crippen molar-refractivity contribution >= 4 is 29.0 Å². The Labute approximate surface area is 139 Å². The van der Waals surface area contributed by atoms with Crippen molar-refractivity contribution in [1.82, 2.24) is 5.32 Å². The second-order valence-corrected chi connectivity index (χ2v) is 7.39. The molecular formula is C17H21NO4S. The highest BCUT2D eigenvalue weighted by atomic mass is 32.1. The van der Waals surface area contributed by atoms with Crippen LogP contribution in [0.2, 0.25) is 0 Å². The molecule has 2 bridgehead atoms. The number of rotatable bonds is 5. The van der Waals surface area contributed by atoms with Crippen LogP contribution in [0.3, 0.4) is 0 Å². The van der Waals surface area contributed by atoms with E-state index >= 15 is 0 Å². The fourth-order valence-electron chi connectivity index (χ4n) is 3.58. The highest BCUT2D eigenvalue weighted by molar-refractivity contribution is 7.09. The highest BCUT2D eigenvalue weighted by Crippen LogP contribution is 2.40.